The van der Waals surface area contributed by atoms with E-state index in [4.69, 9.17) is 11.6 Å². The number of rotatable bonds is 9. The molecule has 36 heavy (non-hydrogen) atoms. The van der Waals surface area contributed by atoms with Gasteiger partial charge in [-0.1, -0.05) is 53.1 Å². The zero-order valence-electron chi connectivity index (χ0n) is 21.5. The quantitative estimate of drug-likeness (QED) is 0.136. The third kappa shape index (κ3) is 6.14. The third-order valence-corrected chi connectivity index (χ3v) is 8.43. The van der Waals surface area contributed by atoms with Crippen molar-refractivity contribution in [3.63, 3.8) is 0 Å². The molecule has 0 aliphatic carbocycles. The second-order valence-corrected chi connectivity index (χ2v) is 11.3. The number of aliphatic hydroxyl groups is 1. The van der Waals surface area contributed by atoms with E-state index in [-0.39, 0.29) is 12.3 Å². The Kier molecular flexibility index (Phi) is 8.92. The summed E-state index contributed by atoms with van der Waals surface area (Å²) < 4.78 is 2.12. The number of carboxylic acid groups (broad SMARTS) is 1. The van der Waals surface area contributed by atoms with Gasteiger partial charge in [0.25, 0.3) is 0 Å². The van der Waals surface area contributed by atoms with Gasteiger partial charge in [-0.2, -0.15) is 0 Å². The van der Waals surface area contributed by atoms with Crippen molar-refractivity contribution in [1.29, 1.82) is 0 Å². The van der Waals surface area contributed by atoms with Crippen molar-refractivity contribution in [3.05, 3.63) is 88.5 Å². The van der Waals surface area contributed by atoms with Crippen LogP contribution in [-0.2, 0) is 11.3 Å². The average molecular weight is 509 g/mol. The standard InChI is InChI=1S/C28H36N4O3S/c1-18-11-12-21(15-22(18)17-31(4)36(20(3)33)23-9-7-6-8-10-23)25(16-27(34)35)24-13-14-26(32(5)30)28(29)19(24)2/h6-15,25,33H,16-17,29-30H2,1-5H3,(H,34,35)/t25-,36?/m0/s1. The SMILES string of the molecule is C/C(O)=S(\c1ccccc1)N(C)Cc1cc([C@H](CC(=O)O)c2ccc(N(C)N)c(N)c2C)ccc1C. The molecule has 0 spiro atoms. The van der Waals surface area contributed by atoms with Gasteiger partial charge in [0.05, 0.1) is 22.8 Å². The molecule has 192 valence electrons. The van der Waals surface area contributed by atoms with Crippen LogP contribution in [0.1, 0.15) is 47.1 Å². The van der Waals surface area contributed by atoms with Gasteiger partial charge >= 0.3 is 5.97 Å². The summed E-state index contributed by atoms with van der Waals surface area (Å²) in [5.41, 5.74) is 12.4. The van der Waals surface area contributed by atoms with Crippen molar-refractivity contribution in [2.45, 2.75) is 44.6 Å². The first-order valence-electron chi connectivity index (χ1n) is 11.7. The molecule has 0 bridgehead atoms. The first-order valence-corrected chi connectivity index (χ1v) is 12.9. The van der Waals surface area contributed by atoms with Crippen molar-refractivity contribution in [1.82, 2.24) is 4.31 Å². The lowest BCUT2D eigenvalue weighted by Crippen LogP contribution is -2.26. The third-order valence-electron chi connectivity index (χ3n) is 6.39. The number of nitrogen functional groups attached to an aromatic ring is 1. The van der Waals surface area contributed by atoms with E-state index in [0.29, 0.717) is 23.0 Å². The molecule has 2 atom stereocenters. The average Bonchev–Trinajstić information content (AvgIpc) is 2.81. The van der Waals surface area contributed by atoms with Crippen LogP contribution < -0.4 is 16.6 Å². The number of carboxylic acids is 1. The Morgan fingerprint density at radius 3 is 2.28 bits per heavy atom. The van der Waals surface area contributed by atoms with Crippen LogP contribution in [-0.4, -0.2) is 39.6 Å². The minimum Gasteiger partial charge on any atom is -0.481 e. The lowest BCUT2D eigenvalue weighted by molar-refractivity contribution is -0.137. The van der Waals surface area contributed by atoms with Crippen molar-refractivity contribution < 1.29 is 15.0 Å². The number of hydrazine groups is 1. The highest BCUT2D eigenvalue weighted by Gasteiger charge is 2.23. The molecular weight excluding hydrogens is 472 g/mol. The monoisotopic (exact) mass is 508 g/mol. The van der Waals surface area contributed by atoms with E-state index in [0.717, 1.165) is 32.7 Å². The van der Waals surface area contributed by atoms with Crippen LogP contribution in [0.15, 0.2) is 65.6 Å². The maximum Gasteiger partial charge on any atom is 0.304 e. The van der Waals surface area contributed by atoms with Gasteiger partial charge in [0, 0.05) is 24.4 Å². The number of anilines is 2. The Morgan fingerprint density at radius 2 is 1.69 bits per heavy atom. The number of aryl methyl sites for hydroxylation is 1. The van der Waals surface area contributed by atoms with Gasteiger partial charge in [-0.3, -0.25) is 4.79 Å². The molecule has 8 heteroatoms. The Hall–Kier alpha value is -3.17. The van der Waals surface area contributed by atoms with Crippen molar-refractivity contribution in [3.8, 4) is 0 Å². The number of nitrogens with two attached hydrogens (primary N) is 2. The number of benzene rings is 3. The highest BCUT2D eigenvalue weighted by atomic mass is 32.2. The molecule has 3 aromatic rings. The normalized spacial score (nSPS) is 13.4. The van der Waals surface area contributed by atoms with Crippen molar-refractivity contribution >= 4 is 33.1 Å². The fourth-order valence-corrected chi connectivity index (χ4v) is 6.34. The van der Waals surface area contributed by atoms with Gasteiger partial charge < -0.3 is 21.0 Å². The second-order valence-electron chi connectivity index (χ2n) is 9.06. The number of carbonyl (C=O) groups is 1. The van der Waals surface area contributed by atoms with Crippen LogP contribution in [0, 0.1) is 13.8 Å². The number of nitrogens with zero attached hydrogens (tertiary/aromatic N) is 2. The predicted molar refractivity (Wildman–Crippen MR) is 151 cm³/mol. The Morgan fingerprint density at radius 1 is 1.03 bits per heavy atom. The Bertz CT molecular complexity index is 1270. The number of hydrogen-bond acceptors (Lipinski definition) is 5. The van der Waals surface area contributed by atoms with Crippen LogP contribution in [0.4, 0.5) is 11.4 Å². The van der Waals surface area contributed by atoms with E-state index >= 15 is 0 Å². The van der Waals surface area contributed by atoms with Gasteiger partial charge in [-0.15, -0.1) is 0 Å². The van der Waals surface area contributed by atoms with E-state index in [1.165, 1.54) is 5.01 Å². The van der Waals surface area contributed by atoms with Crippen LogP contribution in [0.2, 0.25) is 0 Å². The summed E-state index contributed by atoms with van der Waals surface area (Å²) >= 11 is 0. The van der Waals surface area contributed by atoms with E-state index in [1.807, 2.05) is 75.5 Å². The highest BCUT2D eigenvalue weighted by Crippen LogP contribution is 2.38. The summed E-state index contributed by atoms with van der Waals surface area (Å²) in [6.45, 7) is 6.27. The summed E-state index contributed by atoms with van der Waals surface area (Å²) in [5, 5.41) is 22.0. The molecular formula is C28H36N4O3S. The lowest BCUT2D eigenvalue weighted by atomic mass is 9.84. The van der Waals surface area contributed by atoms with Crippen LogP contribution in [0.25, 0.3) is 0 Å². The van der Waals surface area contributed by atoms with Gasteiger partial charge in [0.2, 0.25) is 0 Å². The molecule has 0 aliphatic heterocycles. The largest absolute Gasteiger partial charge is 0.481 e. The summed E-state index contributed by atoms with van der Waals surface area (Å²) in [6.07, 6.45) is -0.0612. The number of aliphatic carboxylic acids is 1. The fraction of sp³-hybridized carbons (Fsp3) is 0.286. The van der Waals surface area contributed by atoms with Crippen LogP contribution in [0.5, 0.6) is 0 Å². The molecule has 0 heterocycles. The van der Waals surface area contributed by atoms with E-state index in [2.05, 4.69) is 10.4 Å². The van der Waals surface area contributed by atoms with Gasteiger partial charge in [-0.25, -0.2) is 10.1 Å². The maximum absolute atomic E-state index is 11.9. The molecule has 0 aliphatic rings. The smallest absolute Gasteiger partial charge is 0.304 e. The first kappa shape index (κ1) is 27.4. The molecule has 7 nitrogen and oxygen atoms in total. The van der Waals surface area contributed by atoms with E-state index < -0.39 is 16.6 Å². The summed E-state index contributed by atoms with van der Waals surface area (Å²) in [5.74, 6) is 4.66. The van der Waals surface area contributed by atoms with Crippen LogP contribution in [0.3, 0.4) is 0 Å². The van der Waals surface area contributed by atoms with E-state index in [9.17, 15) is 15.0 Å². The molecule has 0 saturated heterocycles. The topological polar surface area (TPSA) is 116 Å². The molecule has 0 amide bonds. The predicted octanol–water partition coefficient (Wildman–Crippen LogP) is 5.18. The Balaban J connectivity index is 2.03. The van der Waals surface area contributed by atoms with E-state index in [1.54, 1.807) is 14.0 Å². The molecule has 0 radical (unpaired) electrons. The second kappa shape index (κ2) is 11.7. The maximum atomic E-state index is 11.9. The molecule has 0 saturated carbocycles. The highest BCUT2D eigenvalue weighted by molar-refractivity contribution is 8.13. The minimum absolute atomic E-state index is 0.0612. The molecule has 1 unspecified atom stereocenters. The van der Waals surface area contributed by atoms with Gasteiger partial charge in [-0.05, 0) is 73.8 Å². The van der Waals surface area contributed by atoms with Crippen molar-refractivity contribution in [2.75, 3.05) is 24.8 Å². The van der Waals surface area contributed by atoms with Crippen LogP contribution >= 0.6 is 10.7 Å². The first-order chi connectivity index (χ1) is 17.0. The number of aliphatic hydroxyl groups excluding tert-OH is 1. The Labute approximate surface area is 216 Å². The summed E-state index contributed by atoms with van der Waals surface area (Å²) in [4.78, 5) is 12.9. The summed E-state index contributed by atoms with van der Waals surface area (Å²) in [7, 11) is 3.12. The summed E-state index contributed by atoms with van der Waals surface area (Å²) in [6, 6.07) is 19.8. The zero-order chi connectivity index (χ0) is 26.6. The van der Waals surface area contributed by atoms with Gasteiger partial charge in [0.15, 0.2) is 0 Å². The molecule has 3 aromatic carbocycles. The lowest BCUT2D eigenvalue weighted by Gasteiger charge is -2.26. The van der Waals surface area contributed by atoms with Crippen molar-refractivity contribution in [2.24, 2.45) is 5.84 Å². The zero-order valence-corrected chi connectivity index (χ0v) is 22.3. The molecule has 6 N–H and O–H groups in total. The molecule has 3 rings (SSSR count). The molecule has 0 aromatic heterocycles. The van der Waals surface area contributed by atoms with Gasteiger partial charge in [0.1, 0.15) is 0 Å². The molecule has 0 fully saturated rings. The fourth-order valence-electron chi connectivity index (χ4n) is 4.51. The number of hydrogen-bond donors (Lipinski definition) is 4. The minimum atomic E-state index is -0.881.